The molecule has 126 valence electrons. The maximum Gasteiger partial charge on any atom is 0.247 e. The Labute approximate surface area is 146 Å². The van der Waals surface area contributed by atoms with E-state index in [1.54, 1.807) is 40.9 Å². The molecule has 2 amide bonds. The second kappa shape index (κ2) is 8.55. The number of nitrogens with zero attached hydrogens (tertiary/aromatic N) is 2. The summed E-state index contributed by atoms with van der Waals surface area (Å²) in [7, 11) is 0. The highest BCUT2D eigenvalue weighted by Gasteiger charge is 2.33. The number of carbonyl (C=O) groups excluding carboxylic acids is 2. The van der Waals surface area contributed by atoms with Crippen LogP contribution >= 0.6 is 11.8 Å². The summed E-state index contributed by atoms with van der Waals surface area (Å²) in [6, 6.07) is 8.85. The SMILES string of the molecule is CC[C@H](C)NC(=O)[C@H]1CSCN1C(=O)/C=C\c1ccccc1C#N. The van der Waals surface area contributed by atoms with Crippen molar-refractivity contribution in [3.63, 3.8) is 0 Å². The first kappa shape index (κ1) is 18.1. The molecule has 2 atom stereocenters. The second-order valence-electron chi connectivity index (χ2n) is 5.67. The van der Waals surface area contributed by atoms with E-state index in [9.17, 15) is 9.59 Å². The van der Waals surface area contributed by atoms with Gasteiger partial charge in [-0.2, -0.15) is 5.26 Å². The lowest BCUT2D eigenvalue weighted by molar-refractivity contribution is -0.135. The van der Waals surface area contributed by atoms with Crippen molar-refractivity contribution in [3.8, 4) is 6.07 Å². The van der Waals surface area contributed by atoms with Gasteiger partial charge in [-0.25, -0.2) is 0 Å². The number of carbonyl (C=O) groups is 2. The average Bonchev–Trinajstić information content (AvgIpc) is 3.09. The Morgan fingerprint density at radius 2 is 2.25 bits per heavy atom. The molecule has 0 radical (unpaired) electrons. The number of hydrogen-bond acceptors (Lipinski definition) is 4. The van der Waals surface area contributed by atoms with Gasteiger partial charge in [-0.3, -0.25) is 9.59 Å². The highest BCUT2D eigenvalue weighted by molar-refractivity contribution is 7.99. The van der Waals surface area contributed by atoms with Crippen LogP contribution in [0, 0.1) is 11.3 Å². The molecule has 1 aliphatic heterocycles. The Kier molecular flexibility index (Phi) is 6.44. The minimum atomic E-state index is -0.438. The van der Waals surface area contributed by atoms with Crippen LogP contribution in [0.25, 0.3) is 6.08 Å². The normalized spacial score (nSPS) is 18.4. The summed E-state index contributed by atoms with van der Waals surface area (Å²) in [6.45, 7) is 3.96. The fraction of sp³-hybridized carbons (Fsp3) is 0.389. The molecule has 1 aromatic rings. The molecule has 0 saturated carbocycles. The van der Waals surface area contributed by atoms with Gasteiger partial charge in [0.2, 0.25) is 11.8 Å². The smallest absolute Gasteiger partial charge is 0.247 e. The fourth-order valence-electron chi connectivity index (χ4n) is 2.32. The zero-order valence-electron chi connectivity index (χ0n) is 13.9. The topological polar surface area (TPSA) is 73.2 Å². The molecular formula is C18H21N3O2S. The minimum Gasteiger partial charge on any atom is -0.352 e. The van der Waals surface area contributed by atoms with E-state index in [1.807, 2.05) is 19.9 Å². The predicted molar refractivity (Wildman–Crippen MR) is 96.0 cm³/mol. The molecule has 5 nitrogen and oxygen atoms in total. The second-order valence-corrected chi connectivity index (χ2v) is 6.67. The average molecular weight is 343 g/mol. The van der Waals surface area contributed by atoms with Gasteiger partial charge in [-0.15, -0.1) is 11.8 Å². The number of hydrogen-bond donors (Lipinski definition) is 1. The van der Waals surface area contributed by atoms with Crippen molar-refractivity contribution in [1.29, 1.82) is 5.26 Å². The number of nitriles is 1. The van der Waals surface area contributed by atoms with Crippen molar-refractivity contribution in [2.45, 2.75) is 32.4 Å². The molecule has 2 rings (SSSR count). The van der Waals surface area contributed by atoms with Crippen LogP contribution in [0.2, 0.25) is 0 Å². The Bertz CT molecular complexity index is 681. The number of nitrogens with one attached hydrogen (secondary N) is 1. The van der Waals surface area contributed by atoms with E-state index < -0.39 is 6.04 Å². The molecule has 6 heteroatoms. The summed E-state index contributed by atoms with van der Waals surface area (Å²) in [5.74, 6) is 0.795. The van der Waals surface area contributed by atoms with Crippen LogP contribution < -0.4 is 5.32 Å². The van der Waals surface area contributed by atoms with E-state index >= 15 is 0 Å². The van der Waals surface area contributed by atoms with E-state index in [4.69, 9.17) is 5.26 Å². The third-order valence-corrected chi connectivity index (χ3v) is 4.97. The quantitative estimate of drug-likeness (QED) is 0.833. The maximum atomic E-state index is 12.5. The van der Waals surface area contributed by atoms with Gasteiger partial charge in [0.15, 0.2) is 0 Å². The summed E-state index contributed by atoms with van der Waals surface area (Å²) in [5.41, 5.74) is 1.21. The maximum absolute atomic E-state index is 12.5. The Balaban J connectivity index is 2.07. The molecule has 1 aromatic carbocycles. The van der Waals surface area contributed by atoms with Gasteiger partial charge in [0.25, 0.3) is 0 Å². The fourth-order valence-corrected chi connectivity index (χ4v) is 3.48. The van der Waals surface area contributed by atoms with Gasteiger partial charge >= 0.3 is 0 Å². The van der Waals surface area contributed by atoms with Crippen LogP contribution in [0.4, 0.5) is 0 Å². The predicted octanol–water partition coefficient (Wildman–Crippen LogP) is 2.39. The lowest BCUT2D eigenvalue weighted by Gasteiger charge is -2.23. The van der Waals surface area contributed by atoms with Crippen LogP contribution in [-0.4, -0.2) is 40.4 Å². The standard InChI is InChI=1S/C18H21N3O2S/c1-3-13(2)20-18(23)16-11-24-12-21(16)17(22)9-8-14-6-4-5-7-15(14)10-19/h4-9,13,16H,3,11-12H2,1-2H3,(H,20,23)/b9-8-/t13-,16+/m0/s1. The van der Waals surface area contributed by atoms with Gasteiger partial charge in [-0.1, -0.05) is 25.1 Å². The van der Waals surface area contributed by atoms with Gasteiger partial charge in [-0.05, 0) is 31.1 Å². The molecule has 1 saturated heterocycles. The lowest BCUT2D eigenvalue weighted by Crippen LogP contribution is -2.48. The molecule has 1 N–H and O–H groups in total. The summed E-state index contributed by atoms with van der Waals surface area (Å²) >= 11 is 1.57. The molecule has 1 fully saturated rings. The van der Waals surface area contributed by atoms with E-state index in [0.717, 1.165) is 6.42 Å². The highest BCUT2D eigenvalue weighted by atomic mass is 32.2. The van der Waals surface area contributed by atoms with Gasteiger partial charge in [0.05, 0.1) is 17.5 Å². The third-order valence-electron chi connectivity index (χ3n) is 3.96. The number of rotatable bonds is 5. The Morgan fingerprint density at radius 1 is 1.50 bits per heavy atom. The zero-order valence-corrected chi connectivity index (χ0v) is 14.7. The first-order chi connectivity index (χ1) is 11.6. The van der Waals surface area contributed by atoms with E-state index in [-0.39, 0.29) is 17.9 Å². The van der Waals surface area contributed by atoms with Gasteiger partial charge < -0.3 is 10.2 Å². The Morgan fingerprint density at radius 3 is 2.96 bits per heavy atom. The largest absolute Gasteiger partial charge is 0.352 e. The lowest BCUT2D eigenvalue weighted by atomic mass is 10.1. The van der Waals surface area contributed by atoms with E-state index in [1.165, 1.54) is 6.08 Å². The first-order valence-corrected chi connectivity index (χ1v) is 9.08. The van der Waals surface area contributed by atoms with Crippen LogP contribution in [0.5, 0.6) is 0 Å². The molecule has 1 aliphatic rings. The van der Waals surface area contributed by atoms with Crippen molar-refractivity contribution in [2.24, 2.45) is 0 Å². The van der Waals surface area contributed by atoms with Crippen molar-refractivity contribution in [2.75, 3.05) is 11.6 Å². The van der Waals surface area contributed by atoms with Crippen LogP contribution in [0.1, 0.15) is 31.4 Å². The molecule has 0 unspecified atom stereocenters. The number of thioether (sulfide) groups is 1. The summed E-state index contributed by atoms with van der Waals surface area (Å²) in [5, 5.41) is 12.0. The Hall–Kier alpha value is -2.26. The van der Waals surface area contributed by atoms with Crippen LogP contribution in [-0.2, 0) is 9.59 Å². The van der Waals surface area contributed by atoms with E-state index in [2.05, 4.69) is 11.4 Å². The van der Waals surface area contributed by atoms with Crippen molar-refractivity contribution < 1.29 is 9.59 Å². The molecular weight excluding hydrogens is 322 g/mol. The van der Waals surface area contributed by atoms with Crippen molar-refractivity contribution in [3.05, 3.63) is 41.5 Å². The molecule has 1 heterocycles. The monoisotopic (exact) mass is 343 g/mol. The zero-order chi connectivity index (χ0) is 17.5. The summed E-state index contributed by atoms with van der Waals surface area (Å²) in [6.07, 6.45) is 3.92. The summed E-state index contributed by atoms with van der Waals surface area (Å²) < 4.78 is 0. The van der Waals surface area contributed by atoms with Crippen LogP contribution in [0.15, 0.2) is 30.3 Å². The minimum absolute atomic E-state index is 0.0955. The molecule has 0 aliphatic carbocycles. The third kappa shape index (κ3) is 4.39. The molecule has 0 spiro atoms. The van der Waals surface area contributed by atoms with Crippen molar-refractivity contribution in [1.82, 2.24) is 10.2 Å². The van der Waals surface area contributed by atoms with Crippen LogP contribution in [0.3, 0.4) is 0 Å². The van der Waals surface area contributed by atoms with Crippen molar-refractivity contribution >= 4 is 29.7 Å². The number of amides is 2. The highest BCUT2D eigenvalue weighted by Crippen LogP contribution is 2.22. The molecule has 0 bridgehead atoms. The van der Waals surface area contributed by atoms with E-state index in [0.29, 0.717) is 22.8 Å². The number of benzene rings is 1. The summed E-state index contributed by atoms with van der Waals surface area (Å²) in [4.78, 5) is 26.3. The molecule has 0 aromatic heterocycles. The van der Waals surface area contributed by atoms with Gasteiger partial charge in [0.1, 0.15) is 6.04 Å². The van der Waals surface area contributed by atoms with Gasteiger partial charge in [0, 0.05) is 17.9 Å². The first-order valence-electron chi connectivity index (χ1n) is 7.92. The molecule has 24 heavy (non-hydrogen) atoms.